The molecule has 2 atom stereocenters. The van der Waals surface area contributed by atoms with E-state index >= 15 is 0 Å². The van der Waals surface area contributed by atoms with Gasteiger partial charge in [0.25, 0.3) is 0 Å². The molecule has 0 spiro atoms. The van der Waals surface area contributed by atoms with Crippen molar-refractivity contribution in [3.05, 3.63) is 0 Å². The Hall–Kier alpha value is -1.67. The van der Waals surface area contributed by atoms with E-state index in [-0.39, 0.29) is 5.91 Å². The fourth-order valence-corrected chi connectivity index (χ4v) is 2.43. The first-order chi connectivity index (χ1) is 9.97. The molecule has 8 nitrogen and oxygen atoms in total. The van der Waals surface area contributed by atoms with Crippen molar-refractivity contribution in [2.45, 2.75) is 44.2 Å². The molecule has 2 unspecified atom stereocenters. The van der Waals surface area contributed by atoms with Crippen LogP contribution in [0.4, 0.5) is 0 Å². The summed E-state index contributed by atoms with van der Waals surface area (Å²) in [6, 6.07) is -1.25. The highest BCUT2D eigenvalue weighted by Crippen LogP contribution is 2.19. The highest BCUT2D eigenvalue weighted by molar-refractivity contribution is 5.91. The number of carboxylic acids is 1. The molecule has 0 saturated carbocycles. The maximum atomic E-state index is 12.3. The normalized spacial score (nSPS) is 19.3. The zero-order valence-electron chi connectivity index (χ0n) is 12.1. The molecule has 0 radical (unpaired) electrons. The fraction of sp³-hybridized carbons (Fsp3) is 0.769. The molecule has 1 aliphatic heterocycles. The highest BCUT2D eigenvalue weighted by Gasteiger charge is 2.35. The minimum Gasteiger partial charge on any atom is -0.480 e. The van der Waals surface area contributed by atoms with Crippen molar-refractivity contribution >= 4 is 17.8 Å². The second kappa shape index (κ2) is 8.58. The lowest BCUT2D eigenvalue weighted by molar-refractivity contribution is -0.141. The summed E-state index contributed by atoms with van der Waals surface area (Å²) in [5.41, 5.74) is 11.3. The Balaban J connectivity index is 2.53. The zero-order valence-corrected chi connectivity index (χ0v) is 12.1. The second-order valence-electron chi connectivity index (χ2n) is 5.19. The number of carbonyl (C=O) groups is 3. The number of unbranched alkanes of at least 4 members (excludes halogenated alkanes) is 1. The first-order valence-electron chi connectivity index (χ1n) is 7.23. The summed E-state index contributed by atoms with van der Waals surface area (Å²) in [4.78, 5) is 36.1. The van der Waals surface area contributed by atoms with Gasteiger partial charge in [-0.25, -0.2) is 0 Å². The molecule has 0 aromatic heterocycles. The number of likely N-dealkylation sites (tertiary alicyclic amines) is 1. The monoisotopic (exact) mass is 300 g/mol. The summed E-state index contributed by atoms with van der Waals surface area (Å²) < 4.78 is 0. The van der Waals surface area contributed by atoms with Gasteiger partial charge >= 0.3 is 5.97 Å². The number of nitrogens with two attached hydrogens (primary N) is 2. The van der Waals surface area contributed by atoms with Crippen LogP contribution in [0.3, 0.4) is 0 Å². The number of hydrogen-bond donors (Lipinski definition) is 4. The van der Waals surface area contributed by atoms with E-state index in [0.29, 0.717) is 32.4 Å². The Morgan fingerprint density at radius 3 is 2.67 bits per heavy atom. The quantitative estimate of drug-likeness (QED) is 0.408. The third-order valence-electron chi connectivity index (χ3n) is 3.54. The summed E-state index contributed by atoms with van der Waals surface area (Å²) in [6.45, 7) is 0.597. The summed E-state index contributed by atoms with van der Waals surface area (Å²) in [6.07, 6.45) is 3.37. The maximum absolute atomic E-state index is 12.3. The van der Waals surface area contributed by atoms with Gasteiger partial charge in [0.2, 0.25) is 11.8 Å². The van der Waals surface area contributed by atoms with Crippen molar-refractivity contribution in [2.75, 3.05) is 19.6 Å². The summed E-state index contributed by atoms with van der Waals surface area (Å²) >= 11 is 0. The van der Waals surface area contributed by atoms with Gasteiger partial charge in [0, 0.05) is 6.54 Å². The van der Waals surface area contributed by atoms with Gasteiger partial charge in [-0.3, -0.25) is 14.4 Å². The lowest BCUT2D eigenvalue weighted by atomic mass is 10.1. The van der Waals surface area contributed by atoms with Crippen LogP contribution >= 0.6 is 0 Å². The van der Waals surface area contributed by atoms with Crippen LogP contribution in [-0.4, -0.2) is 59.5 Å². The molecule has 1 saturated heterocycles. The molecule has 6 N–H and O–H groups in total. The number of rotatable bonds is 8. The summed E-state index contributed by atoms with van der Waals surface area (Å²) in [5.74, 6) is -1.80. The van der Waals surface area contributed by atoms with E-state index in [9.17, 15) is 14.4 Å². The van der Waals surface area contributed by atoms with Crippen molar-refractivity contribution < 1.29 is 19.5 Å². The van der Waals surface area contributed by atoms with E-state index in [1.165, 1.54) is 4.90 Å². The van der Waals surface area contributed by atoms with E-state index in [0.717, 1.165) is 12.8 Å². The number of carbonyl (C=O) groups excluding carboxylic acids is 2. The molecular weight excluding hydrogens is 276 g/mol. The van der Waals surface area contributed by atoms with Crippen LogP contribution in [0.5, 0.6) is 0 Å². The van der Waals surface area contributed by atoms with Gasteiger partial charge in [0.1, 0.15) is 12.6 Å². The number of aliphatic carboxylic acids is 1. The predicted octanol–water partition coefficient (Wildman–Crippen LogP) is -1.37. The lowest BCUT2D eigenvalue weighted by Gasteiger charge is -2.26. The lowest BCUT2D eigenvalue weighted by Crippen LogP contribution is -2.51. The Kier molecular flexibility index (Phi) is 7.10. The van der Waals surface area contributed by atoms with Gasteiger partial charge in [0.15, 0.2) is 0 Å². The first-order valence-corrected chi connectivity index (χ1v) is 7.23. The Labute approximate surface area is 123 Å². The SMILES string of the molecule is NCCCCC(N)C(=O)N1CCCC1C(=O)NCC(=O)O. The van der Waals surface area contributed by atoms with E-state index in [1.54, 1.807) is 0 Å². The van der Waals surface area contributed by atoms with E-state index in [1.807, 2.05) is 0 Å². The number of nitrogens with zero attached hydrogens (tertiary/aromatic N) is 1. The van der Waals surface area contributed by atoms with Crippen molar-refractivity contribution in [2.24, 2.45) is 11.5 Å². The molecule has 0 aliphatic carbocycles. The molecular formula is C13H24N4O4. The number of carboxylic acid groups (broad SMARTS) is 1. The van der Waals surface area contributed by atoms with Crippen LogP contribution in [0.25, 0.3) is 0 Å². The molecule has 1 rings (SSSR count). The molecule has 0 bridgehead atoms. The van der Waals surface area contributed by atoms with Crippen molar-refractivity contribution in [1.82, 2.24) is 10.2 Å². The van der Waals surface area contributed by atoms with Gasteiger partial charge in [0.05, 0.1) is 6.04 Å². The molecule has 1 heterocycles. The number of nitrogens with one attached hydrogen (secondary N) is 1. The van der Waals surface area contributed by atoms with Gasteiger partial charge in [-0.15, -0.1) is 0 Å². The Morgan fingerprint density at radius 1 is 1.33 bits per heavy atom. The van der Waals surface area contributed by atoms with E-state index in [4.69, 9.17) is 16.6 Å². The van der Waals surface area contributed by atoms with Crippen LogP contribution in [0.1, 0.15) is 32.1 Å². The minimum atomic E-state index is -1.11. The molecule has 2 amide bonds. The Morgan fingerprint density at radius 2 is 2.05 bits per heavy atom. The van der Waals surface area contributed by atoms with Crippen LogP contribution in [0, 0.1) is 0 Å². The van der Waals surface area contributed by atoms with Crippen molar-refractivity contribution in [3.63, 3.8) is 0 Å². The molecule has 8 heteroatoms. The van der Waals surface area contributed by atoms with Gasteiger partial charge < -0.3 is 26.8 Å². The summed E-state index contributed by atoms with van der Waals surface area (Å²) in [5, 5.41) is 10.9. The maximum Gasteiger partial charge on any atom is 0.322 e. The zero-order chi connectivity index (χ0) is 15.8. The topological polar surface area (TPSA) is 139 Å². The molecule has 0 aromatic rings. The predicted molar refractivity (Wildman–Crippen MR) is 76.3 cm³/mol. The average Bonchev–Trinajstić information content (AvgIpc) is 2.93. The Bertz CT molecular complexity index is 388. The van der Waals surface area contributed by atoms with Gasteiger partial charge in [-0.05, 0) is 32.2 Å². The summed E-state index contributed by atoms with van der Waals surface area (Å²) in [7, 11) is 0. The van der Waals surface area contributed by atoms with E-state index in [2.05, 4.69) is 5.32 Å². The van der Waals surface area contributed by atoms with Crippen LogP contribution in [-0.2, 0) is 14.4 Å². The second-order valence-corrected chi connectivity index (χ2v) is 5.19. The third kappa shape index (κ3) is 5.31. The highest BCUT2D eigenvalue weighted by atomic mass is 16.4. The van der Waals surface area contributed by atoms with Crippen LogP contribution in [0.2, 0.25) is 0 Å². The van der Waals surface area contributed by atoms with E-state index < -0.39 is 30.5 Å². The minimum absolute atomic E-state index is 0.250. The van der Waals surface area contributed by atoms with Gasteiger partial charge in [-0.1, -0.05) is 6.42 Å². The number of hydrogen-bond acceptors (Lipinski definition) is 5. The molecule has 120 valence electrons. The van der Waals surface area contributed by atoms with Crippen LogP contribution < -0.4 is 16.8 Å². The fourth-order valence-electron chi connectivity index (χ4n) is 2.43. The smallest absolute Gasteiger partial charge is 0.322 e. The molecule has 0 aromatic carbocycles. The third-order valence-corrected chi connectivity index (χ3v) is 3.54. The molecule has 1 aliphatic rings. The first kappa shape index (κ1) is 17.4. The standard InChI is InChI=1S/C13H24N4O4/c14-6-2-1-4-9(15)13(21)17-7-3-5-10(17)12(20)16-8-11(18)19/h9-10H,1-8,14-15H2,(H,16,20)(H,18,19). The molecule has 1 fully saturated rings. The van der Waals surface area contributed by atoms with Crippen LogP contribution in [0.15, 0.2) is 0 Å². The van der Waals surface area contributed by atoms with Gasteiger partial charge in [-0.2, -0.15) is 0 Å². The molecule has 21 heavy (non-hydrogen) atoms. The average molecular weight is 300 g/mol. The van der Waals surface area contributed by atoms with Crippen molar-refractivity contribution in [3.8, 4) is 0 Å². The van der Waals surface area contributed by atoms with Crippen molar-refractivity contribution in [1.29, 1.82) is 0 Å². The number of amides is 2. The largest absolute Gasteiger partial charge is 0.480 e.